The summed E-state index contributed by atoms with van der Waals surface area (Å²) in [4.78, 5) is 7.99. The van der Waals surface area contributed by atoms with Crippen molar-refractivity contribution in [1.29, 1.82) is 0 Å². The molecule has 96 valence electrons. The van der Waals surface area contributed by atoms with E-state index in [0.29, 0.717) is 22.6 Å². The predicted molar refractivity (Wildman–Crippen MR) is 68.9 cm³/mol. The van der Waals surface area contributed by atoms with E-state index < -0.39 is 0 Å². The Morgan fingerprint density at radius 2 is 1.89 bits per heavy atom. The van der Waals surface area contributed by atoms with Crippen molar-refractivity contribution in [2.45, 2.75) is 0 Å². The Labute approximate surface area is 113 Å². The minimum atomic E-state index is 0.295. The highest BCUT2D eigenvalue weighted by atomic mass is 35.5. The molecular formula is C12H9ClN4O2. The second-order valence-electron chi connectivity index (χ2n) is 3.67. The van der Waals surface area contributed by atoms with Crippen molar-refractivity contribution in [1.82, 2.24) is 19.6 Å². The molecule has 0 saturated heterocycles. The van der Waals surface area contributed by atoms with Gasteiger partial charge in [0.1, 0.15) is 23.0 Å². The van der Waals surface area contributed by atoms with Gasteiger partial charge in [0.2, 0.25) is 5.88 Å². The molecule has 0 aliphatic carbocycles. The summed E-state index contributed by atoms with van der Waals surface area (Å²) >= 11 is 5.90. The lowest BCUT2D eigenvalue weighted by Gasteiger charge is -2.07. The van der Waals surface area contributed by atoms with Crippen molar-refractivity contribution in [3.05, 3.63) is 41.8 Å². The van der Waals surface area contributed by atoms with Gasteiger partial charge in [-0.15, -0.1) is 0 Å². The standard InChI is InChI=1S/C12H9ClN4O2/c1-18-8-2-4-9(5-3-8)19-11-6-10(13)16-12-14-7-15-17(11)12/h2-7H,1H3. The monoisotopic (exact) mass is 276 g/mol. The molecule has 0 N–H and O–H groups in total. The van der Waals surface area contributed by atoms with E-state index in [4.69, 9.17) is 21.1 Å². The average Bonchev–Trinajstić information content (AvgIpc) is 2.88. The molecule has 0 amide bonds. The molecule has 0 spiro atoms. The number of methoxy groups -OCH3 is 1. The molecule has 2 aromatic heterocycles. The second kappa shape index (κ2) is 4.74. The van der Waals surface area contributed by atoms with E-state index in [1.54, 1.807) is 37.4 Å². The van der Waals surface area contributed by atoms with Gasteiger partial charge in [-0.2, -0.15) is 19.6 Å². The summed E-state index contributed by atoms with van der Waals surface area (Å²) in [6.45, 7) is 0. The highest BCUT2D eigenvalue weighted by Gasteiger charge is 2.08. The number of aromatic nitrogens is 4. The molecule has 2 heterocycles. The van der Waals surface area contributed by atoms with Gasteiger partial charge in [-0.1, -0.05) is 11.6 Å². The van der Waals surface area contributed by atoms with Crippen LogP contribution in [0.1, 0.15) is 0 Å². The van der Waals surface area contributed by atoms with Gasteiger partial charge < -0.3 is 9.47 Å². The molecule has 0 aliphatic heterocycles. The van der Waals surface area contributed by atoms with Gasteiger partial charge in [0.15, 0.2) is 0 Å². The molecule has 7 heteroatoms. The summed E-state index contributed by atoms with van der Waals surface area (Å²) in [5.41, 5.74) is 0. The minimum absolute atomic E-state index is 0.295. The molecule has 19 heavy (non-hydrogen) atoms. The summed E-state index contributed by atoms with van der Waals surface area (Å²) < 4.78 is 12.3. The number of hydrogen-bond donors (Lipinski definition) is 0. The molecule has 0 fully saturated rings. The maximum atomic E-state index is 5.90. The van der Waals surface area contributed by atoms with Crippen LogP contribution in [0, 0.1) is 0 Å². The Balaban J connectivity index is 1.97. The van der Waals surface area contributed by atoms with Crippen molar-refractivity contribution in [2.75, 3.05) is 7.11 Å². The highest BCUT2D eigenvalue weighted by Crippen LogP contribution is 2.25. The first-order valence-corrected chi connectivity index (χ1v) is 5.82. The van der Waals surface area contributed by atoms with Crippen molar-refractivity contribution in [3.63, 3.8) is 0 Å². The molecule has 0 saturated carbocycles. The van der Waals surface area contributed by atoms with Crippen LogP contribution in [0.3, 0.4) is 0 Å². The van der Waals surface area contributed by atoms with Crippen LogP contribution < -0.4 is 9.47 Å². The zero-order valence-corrected chi connectivity index (χ0v) is 10.7. The van der Waals surface area contributed by atoms with Crippen LogP contribution >= 0.6 is 11.6 Å². The van der Waals surface area contributed by atoms with Crippen molar-refractivity contribution in [3.8, 4) is 17.4 Å². The number of benzene rings is 1. The summed E-state index contributed by atoms with van der Waals surface area (Å²) in [5, 5.41) is 4.32. The van der Waals surface area contributed by atoms with Crippen molar-refractivity contribution < 1.29 is 9.47 Å². The van der Waals surface area contributed by atoms with Crippen LogP contribution in [0.15, 0.2) is 36.7 Å². The Hall–Kier alpha value is -2.34. The van der Waals surface area contributed by atoms with Gasteiger partial charge in [0.25, 0.3) is 5.78 Å². The predicted octanol–water partition coefficient (Wildman–Crippen LogP) is 2.58. The average molecular weight is 277 g/mol. The fourth-order valence-electron chi connectivity index (χ4n) is 1.60. The lowest BCUT2D eigenvalue weighted by molar-refractivity contribution is 0.411. The molecule has 0 radical (unpaired) electrons. The van der Waals surface area contributed by atoms with Crippen LogP contribution in [0.2, 0.25) is 5.15 Å². The van der Waals surface area contributed by atoms with Gasteiger partial charge in [-0.3, -0.25) is 0 Å². The number of ether oxygens (including phenoxy) is 2. The first-order chi connectivity index (χ1) is 9.26. The lowest BCUT2D eigenvalue weighted by Crippen LogP contribution is -1.97. The Morgan fingerprint density at radius 3 is 2.63 bits per heavy atom. The smallest absolute Gasteiger partial charge is 0.256 e. The van der Waals surface area contributed by atoms with Gasteiger partial charge >= 0.3 is 0 Å². The third-order valence-corrected chi connectivity index (χ3v) is 2.66. The molecular weight excluding hydrogens is 268 g/mol. The van der Waals surface area contributed by atoms with E-state index >= 15 is 0 Å². The molecule has 0 unspecified atom stereocenters. The summed E-state index contributed by atoms with van der Waals surface area (Å²) in [7, 11) is 1.61. The van der Waals surface area contributed by atoms with Gasteiger partial charge in [0, 0.05) is 6.07 Å². The third-order valence-electron chi connectivity index (χ3n) is 2.47. The van der Waals surface area contributed by atoms with E-state index in [2.05, 4.69) is 15.1 Å². The first-order valence-electron chi connectivity index (χ1n) is 5.44. The molecule has 6 nitrogen and oxygen atoms in total. The SMILES string of the molecule is COc1ccc(Oc2cc(Cl)nc3ncnn23)cc1. The third kappa shape index (κ3) is 2.30. The van der Waals surface area contributed by atoms with E-state index in [-0.39, 0.29) is 0 Å². The van der Waals surface area contributed by atoms with Gasteiger partial charge in [-0.25, -0.2) is 0 Å². The maximum absolute atomic E-state index is 5.90. The number of rotatable bonds is 3. The summed E-state index contributed by atoms with van der Waals surface area (Å²) in [6, 6.07) is 8.76. The van der Waals surface area contributed by atoms with E-state index in [1.165, 1.54) is 10.8 Å². The Bertz CT molecular complexity index is 711. The lowest BCUT2D eigenvalue weighted by atomic mass is 10.3. The van der Waals surface area contributed by atoms with E-state index in [0.717, 1.165) is 5.75 Å². The highest BCUT2D eigenvalue weighted by molar-refractivity contribution is 6.29. The zero-order valence-electron chi connectivity index (χ0n) is 9.95. The first kappa shape index (κ1) is 11.7. The fraction of sp³-hybridized carbons (Fsp3) is 0.0833. The maximum Gasteiger partial charge on any atom is 0.256 e. The molecule has 0 bridgehead atoms. The molecule has 0 atom stereocenters. The van der Waals surface area contributed by atoms with Crippen molar-refractivity contribution in [2.24, 2.45) is 0 Å². The zero-order chi connectivity index (χ0) is 13.2. The molecule has 3 aromatic rings. The number of fused-ring (bicyclic) bond motifs is 1. The largest absolute Gasteiger partial charge is 0.497 e. The number of nitrogens with zero attached hydrogens (tertiary/aromatic N) is 4. The quantitative estimate of drug-likeness (QED) is 0.688. The normalized spacial score (nSPS) is 10.6. The van der Waals surface area contributed by atoms with Crippen LogP contribution in [-0.2, 0) is 0 Å². The van der Waals surface area contributed by atoms with Crippen LogP contribution in [0.4, 0.5) is 0 Å². The summed E-state index contributed by atoms with van der Waals surface area (Å²) in [6.07, 6.45) is 1.39. The Kier molecular flexibility index (Phi) is 2.92. The van der Waals surface area contributed by atoms with Crippen LogP contribution in [-0.4, -0.2) is 26.7 Å². The van der Waals surface area contributed by atoms with Gasteiger partial charge in [-0.05, 0) is 24.3 Å². The molecule has 0 aliphatic rings. The molecule has 1 aromatic carbocycles. The van der Waals surface area contributed by atoms with Crippen molar-refractivity contribution >= 4 is 17.4 Å². The fourth-order valence-corrected chi connectivity index (χ4v) is 1.76. The van der Waals surface area contributed by atoms with Crippen LogP contribution in [0.5, 0.6) is 17.4 Å². The van der Waals surface area contributed by atoms with E-state index in [1.807, 2.05) is 0 Å². The van der Waals surface area contributed by atoms with E-state index in [9.17, 15) is 0 Å². The number of halogens is 1. The second-order valence-corrected chi connectivity index (χ2v) is 4.05. The summed E-state index contributed by atoms with van der Waals surface area (Å²) in [5.74, 6) is 2.22. The topological polar surface area (TPSA) is 61.5 Å². The Morgan fingerprint density at radius 1 is 1.16 bits per heavy atom. The van der Waals surface area contributed by atoms with Gasteiger partial charge in [0.05, 0.1) is 7.11 Å². The molecule has 3 rings (SSSR count). The number of hydrogen-bond acceptors (Lipinski definition) is 5. The minimum Gasteiger partial charge on any atom is -0.497 e. The van der Waals surface area contributed by atoms with Crippen LogP contribution in [0.25, 0.3) is 5.78 Å².